The Morgan fingerprint density at radius 1 is 1.23 bits per heavy atom. The molecule has 0 aromatic carbocycles. The van der Waals surface area contributed by atoms with Crippen molar-refractivity contribution in [3.8, 4) is 0 Å². The molecule has 2 aromatic heterocycles. The van der Waals surface area contributed by atoms with Crippen LogP contribution in [0.4, 0.5) is 5.13 Å². The standard InChI is InChI=1S/C15H18N4O4S3/c16-12(20)8-10-9-25-15(17-10)18-14(21)13-11(4-7-24-13)26(22,23)19-5-2-1-3-6-19/h4,7,9H,1-3,5-6,8H2,(H2,16,20)(H,17,18,21). The number of hydrogen-bond acceptors (Lipinski definition) is 7. The molecule has 8 nitrogen and oxygen atoms in total. The van der Waals surface area contributed by atoms with Gasteiger partial charge in [-0.3, -0.25) is 14.9 Å². The highest BCUT2D eigenvalue weighted by atomic mass is 32.2. The Labute approximate surface area is 159 Å². The summed E-state index contributed by atoms with van der Waals surface area (Å²) >= 11 is 2.22. The van der Waals surface area contributed by atoms with Gasteiger partial charge < -0.3 is 5.73 Å². The molecule has 3 heterocycles. The molecule has 0 spiro atoms. The highest BCUT2D eigenvalue weighted by molar-refractivity contribution is 7.89. The normalized spacial score (nSPS) is 15.7. The number of amides is 2. The van der Waals surface area contributed by atoms with Gasteiger partial charge in [0, 0.05) is 18.5 Å². The van der Waals surface area contributed by atoms with E-state index in [9.17, 15) is 18.0 Å². The fourth-order valence-electron chi connectivity index (χ4n) is 2.69. The first-order valence-electron chi connectivity index (χ1n) is 7.99. The lowest BCUT2D eigenvalue weighted by molar-refractivity contribution is -0.117. The number of carbonyl (C=O) groups excluding carboxylic acids is 2. The number of aromatic nitrogens is 1. The van der Waals surface area contributed by atoms with Crippen LogP contribution in [0.15, 0.2) is 21.7 Å². The van der Waals surface area contributed by atoms with E-state index in [1.165, 1.54) is 10.4 Å². The third-order valence-corrected chi connectivity index (χ3v) is 7.69. The maximum atomic E-state index is 12.8. The first-order chi connectivity index (χ1) is 12.4. The lowest BCUT2D eigenvalue weighted by Crippen LogP contribution is -2.36. The Morgan fingerprint density at radius 2 is 1.96 bits per heavy atom. The number of thiophene rings is 1. The van der Waals surface area contributed by atoms with Crippen molar-refractivity contribution in [3.05, 3.63) is 27.4 Å². The number of nitrogens with one attached hydrogen (secondary N) is 1. The summed E-state index contributed by atoms with van der Waals surface area (Å²) in [4.78, 5) is 27.7. The van der Waals surface area contributed by atoms with E-state index in [1.807, 2.05) is 0 Å². The van der Waals surface area contributed by atoms with Crippen LogP contribution in [0.3, 0.4) is 0 Å². The molecule has 0 saturated carbocycles. The van der Waals surface area contributed by atoms with E-state index < -0.39 is 21.8 Å². The predicted octanol–water partition coefficient (Wildman–Crippen LogP) is 1.66. The van der Waals surface area contributed by atoms with Gasteiger partial charge in [-0.25, -0.2) is 13.4 Å². The van der Waals surface area contributed by atoms with Crippen LogP contribution in [0.2, 0.25) is 0 Å². The van der Waals surface area contributed by atoms with Crippen molar-refractivity contribution in [1.82, 2.24) is 9.29 Å². The molecule has 26 heavy (non-hydrogen) atoms. The van der Waals surface area contributed by atoms with Gasteiger partial charge in [0.05, 0.1) is 12.1 Å². The highest BCUT2D eigenvalue weighted by Crippen LogP contribution is 2.28. The van der Waals surface area contributed by atoms with Crippen LogP contribution >= 0.6 is 22.7 Å². The average Bonchev–Trinajstić information content (AvgIpc) is 3.25. The Morgan fingerprint density at radius 3 is 2.65 bits per heavy atom. The molecule has 0 radical (unpaired) electrons. The van der Waals surface area contributed by atoms with Crippen LogP contribution < -0.4 is 11.1 Å². The van der Waals surface area contributed by atoms with E-state index in [4.69, 9.17) is 5.73 Å². The summed E-state index contributed by atoms with van der Waals surface area (Å²) in [7, 11) is -3.69. The second kappa shape index (κ2) is 7.82. The van der Waals surface area contributed by atoms with E-state index in [0.29, 0.717) is 23.9 Å². The number of piperidine rings is 1. The molecule has 3 rings (SSSR count). The van der Waals surface area contributed by atoms with E-state index in [-0.39, 0.29) is 16.2 Å². The first kappa shape index (κ1) is 19.0. The molecule has 0 unspecified atom stereocenters. The molecule has 11 heteroatoms. The lowest BCUT2D eigenvalue weighted by atomic mass is 10.2. The molecular formula is C15H18N4O4S3. The second-order valence-corrected chi connectivity index (χ2v) is 9.50. The molecule has 0 atom stereocenters. The number of sulfonamides is 1. The zero-order valence-electron chi connectivity index (χ0n) is 13.8. The van der Waals surface area contributed by atoms with E-state index in [0.717, 1.165) is 41.9 Å². The number of rotatable bonds is 6. The van der Waals surface area contributed by atoms with Crippen LogP contribution in [0, 0.1) is 0 Å². The minimum Gasteiger partial charge on any atom is -0.369 e. The van der Waals surface area contributed by atoms with Crippen LogP contribution in [0.5, 0.6) is 0 Å². The molecule has 1 aliphatic heterocycles. The number of carbonyl (C=O) groups is 2. The van der Waals surface area contributed by atoms with Crippen molar-refractivity contribution in [2.24, 2.45) is 5.73 Å². The molecule has 140 valence electrons. The van der Waals surface area contributed by atoms with Gasteiger partial charge in [-0.2, -0.15) is 4.31 Å². The number of nitrogens with zero attached hydrogens (tertiary/aromatic N) is 2. The van der Waals surface area contributed by atoms with Gasteiger partial charge in [0.1, 0.15) is 9.77 Å². The molecular weight excluding hydrogens is 396 g/mol. The SMILES string of the molecule is NC(=O)Cc1csc(NC(=O)c2sccc2S(=O)(=O)N2CCCCC2)n1. The number of thiazole rings is 1. The van der Waals surface area contributed by atoms with E-state index >= 15 is 0 Å². The Balaban J connectivity index is 1.78. The van der Waals surface area contributed by atoms with Crippen molar-refractivity contribution in [1.29, 1.82) is 0 Å². The summed E-state index contributed by atoms with van der Waals surface area (Å²) in [5.74, 6) is -1.04. The quantitative estimate of drug-likeness (QED) is 0.744. The summed E-state index contributed by atoms with van der Waals surface area (Å²) in [6.45, 7) is 0.949. The third-order valence-electron chi connectivity index (χ3n) is 3.90. The van der Waals surface area contributed by atoms with Crippen molar-refractivity contribution in [2.75, 3.05) is 18.4 Å². The first-order valence-corrected chi connectivity index (χ1v) is 11.2. The molecule has 1 aliphatic rings. The zero-order valence-corrected chi connectivity index (χ0v) is 16.3. The van der Waals surface area contributed by atoms with Gasteiger partial charge >= 0.3 is 0 Å². The largest absolute Gasteiger partial charge is 0.369 e. The minimum atomic E-state index is -3.69. The van der Waals surface area contributed by atoms with Crippen molar-refractivity contribution < 1.29 is 18.0 Å². The molecule has 0 aliphatic carbocycles. The van der Waals surface area contributed by atoms with Crippen molar-refractivity contribution >= 4 is 49.6 Å². The number of anilines is 1. The second-order valence-electron chi connectivity index (χ2n) is 5.82. The monoisotopic (exact) mass is 414 g/mol. The summed E-state index contributed by atoms with van der Waals surface area (Å²) < 4.78 is 27.1. The van der Waals surface area contributed by atoms with Gasteiger partial charge in [-0.05, 0) is 24.3 Å². The van der Waals surface area contributed by atoms with Crippen LogP contribution in [-0.4, -0.2) is 42.6 Å². The lowest BCUT2D eigenvalue weighted by Gasteiger charge is -2.25. The summed E-state index contributed by atoms with van der Waals surface area (Å²) in [5.41, 5.74) is 5.58. The highest BCUT2D eigenvalue weighted by Gasteiger charge is 2.31. The Hall–Kier alpha value is -1.82. The molecule has 2 amide bonds. The smallest absolute Gasteiger partial charge is 0.268 e. The number of hydrogen-bond donors (Lipinski definition) is 2. The van der Waals surface area contributed by atoms with Crippen LogP contribution in [-0.2, 0) is 21.2 Å². The van der Waals surface area contributed by atoms with Crippen LogP contribution in [0.1, 0.15) is 34.6 Å². The predicted molar refractivity (Wildman–Crippen MR) is 99.9 cm³/mol. The maximum absolute atomic E-state index is 12.8. The van der Waals surface area contributed by atoms with E-state index in [2.05, 4.69) is 10.3 Å². The molecule has 1 saturated heterocycles. The van der Waals surface area contributed by atoms with E-state index in [1.54, 1.807) is 10.8 Å². The van der Waals surface area contributed by atoms with Gasteiger partial charge in [-0.15, -0.1) is 22.7 Å². The van der Waals surface area contributed by atoms with Crippen LogP contribution in [0.25, 0.3) is 0 Å². The topological polar surface area (TPSA) is 122 Å². The van der Waals surface area contributed by atoms with Gasteiger partial charge in [0.2, 0.25) is 15.9 Å². The Kier molecular flexibility index (Phi) is 5.70. The van der Waals surface area contributed by atoms with Gasteiger partial charge in [-0.1, -0.05) is 6.42 Å². The summed E-state index contributed by atoms with van der Waals surface area (Å²) in [6.07, 6.45) is 2.65. The third kappa shape index (κ3) is 4.11. The van der Waals surface area contributed by atoms with Crippen molar-refractivity contribution in [3.63, 3.8) is 0 Å². The fraction of sp³-hybridized carbons (Fsp3) is 0.400. The summed E-state index contributed by atoms with van der Waals surface area (Å²) in [6, 6.07) is 1.46. The average molecular weight is 415 g/mol. The Bertz CT molecular complexity index is 913. The number of primary amides is 1. The molecule has 3 N–H and O–H groups in total. The summed E-state index contributed by atoms with van der Waals surface area (Å²) in [5, 5.41) is 6.10. The fourth-order valence-corrected chi connectivity index (χ4v) is 6.21. The van der Waals surface area contributed by atoms with Gasteiger partial charge in [0.15, 0.2) is 5.13 Å². The molecule has 2 aromatic rings. The minimum absolute atomic E-state index is 0.0139. The van der Waals surface area contributed by atoms with Crippen molar-refractivity contribution in [2.45, 2.75) is 30.6 Å². The maximum Gasteiger partial charge on any atom is 0.268 e. The molecule has 1 fully saturated rings. The number of nitrogens with two attached hydrogens (primary N) is 1. The molecule has 0 bridgehead atoms. The zero-order chi connectivity index (χ0) is 18.7. The van der Waals surface area contributed by atoms with Gasteiger partial charge in [0.25, 0.3) is 5.91 Å².